The number of furan rings is 1. The first-order valence-electron chi connectivity index (χ1n) is 7.04. The Kier molecular flexibility index (Phi) is 8.47. The highest BCUT2D eigenvalue weighted by molar-refractivity contribution is 14.0. The number of guanidine groups is 1. The quantitative estimate of drug-likeness (QED) is 0.432. The van der Waals surface area contributed by atoms with Gasteiger partial charge >= 0.3 is 0 Å². The van der Waals surface area contributed by atoms with Crippen LogP contribution in [0.3, 0.4) is 0 Å². The molecule has 0 spiro atoms. The third-order valence-corrected chi connectivity index (χ3v) is 4.11. The minimum atomic E-state index is 0. The first-order valence-corrected chi connectivity index (χ1v) is 7.86. The van der Waals surface area contributed by atoms with Crippen LogP contribution in [-0.2, 0) is 12.8 Å². The number of nitrogens with one attached hydrogen (secondary N) is 1. The number of hydrogen-bond acceptors (Lipinski definition) is 4. The SMILES string of the molecule is CN=C(NCCc1ccco1)N(C)CCc1ncc(C)s1.I. The molecule has 22 heavy (non-hydrogen) atoms. The molecule has 0 saturated carbocycles. The third-order valence-electron chi connectivity index (χ3n) is 3.14. The molecule has 0 radical (unpaired) electrons. The summed E-state index contributed by atoms with van der Waals surface area (Å²) in [5.41, 5.74) is 0. The smallest absolute Gasteiger partial charge is 0.193 e. The zero-order chi connectivity index (χ0) is 15.1. The Morgan fingerprint density at radius 2 is 2.27 bits per heavy atom. The minimum absolute atomic E-state index is 0. The number of hydrogen-bond donors (Lipinski definition) is 1. The van der Waals surface area contributed by atoms with E-state index in [1.54, 1.807) is 24.6 Å². The molecule has 122 valence electrons. The summed E-state index contributed by atoms with van der Waals surface area (Å²) in [6, 6.07) is 3.89. The summed E-state index contributed by atoms with van der Waals surface area (Å²) in [6.07, 6.45) is 5.42. The van der Waals surface area contributed by atoms with Crippen molar-refractivity contribution in [3.05, 3.63) is 40.2 Å². The van der Waals surface area contributed by atoms with Gasteiger partial charge in [-0.25, -0.2) is 4.98 Å². The summed E-state index contributed by atoms with van der Waals surface area (Å²) in [7, 11) is 3.85. The van der Waals surface area contributed by atoms with E-state index in [1.165, 1.54) is 9.88 Å². The number of thiazole rings is 1. The van der Waals surface area contributed by atoms with Gasteiger partial charge in [0.25, 0.3) is 0 Å². The summed E-state index contributed by atoms with van der Waals surface area (Å²) in [5, 5.41) is 4.52. The molecule has 0 saturated heterocycles. The van der Waals surface area contributed by atoms with Gasteiger partial charge in [0.05, 0.1) is 11.3 Å². The lowest BCUT2D eigenvalue weighted by Crippen LogP contribution is -2.40. The Balaban J connectivity index is 0.00000242. The summed E-state index contributed by atoms with van der Waals surface area (Å²) in [6.45, 7) is 3.79. The third kappa shape index (κ3) is 5.96. The summed E-state index contributed by atoms with van der Waals surface area (Å²) < 4.78 is 5.32. The lowest BCUT2D eigenvalue weighted by Gasteiger charge is -2.21. The van der Waals surface area contributed by atoms with Crippen molar-refractivity contribution < 1.29 is 4.42 Å². The molecule has 0 bridgehead atoms. The molecular weight excluding hydrogens is 411 g/mol. The lowest BCUT2D eigenvalue weighted by atomic mass is 10.3. The Morgan fingerprint density at radius 1 is 1.45 bits per heavy atom. The van der Waals surface area contributed by atoms with Crippen LogP contribution < -0.4 is 5.32 Å². The van der Waals surface area contributed by atoms with Gasteiger partial charge in [-0.05, 0) is 19.1 Å². The molecule has 0 fully saturated rings. The number of rotatable bonds is 6. The van der Waals surface area contributed by atoms with Crippen molar-refractivity contribution >= 4 is 41.3 Å². The summed E-state index contributed by atoms with van der Waals surface area (Å²) >= 11 is 1.75. The monoisotopic (exact) mass is 434 g/mol. The second-order valence-electron chi connectivity index (χ2n) is 4.84. The van der Waals surface area contributed by atoms with Crippen molar-refractivity contribution in [1.29, 1.82) is 0 Å². The zero-order valence-corrected chi connectivity index (χ0v) is 16.4. The summed E-state index contributed by atoms with van der Waals surface area (Å²) in [5.74, 6) is 1.88. The molecule has 5 nitrogen and oxygen atoms in total. The molecule has 0 unspecified atom stereocenters. The summed E-state index contributed by atoms with van der Waals surface area (Å²) in [4.78, 5) is 12.1. The van der Waals surface area contributed by atoms with E-state index in [0.717, 1.165) is 37.7 Å². The molecule has 0 amide bonds. The number of halogens is 1. The first-order chi connectivity index (χ1) is 10.2. The molecule has 0 atom stereocenters. The van der Waals surface area contributed by atoms with Gasteiger partial charge in [0, 0.05) is 51.1 Å². The van der Waals surface area contributed by atoms with Crippen LogP contribution in [0.1, 0.15) is 15.6 Å². The van der Waals surface area contributed by atoms with Crippen molar-refractivity contribution in [3.63, 3.8) is 0 Å². The molecule has 0 aromatic carbocycles. The largest absolute Gasteiger partial charge is 0.469 e. The molecule has 7 heteroatoms. The first kappa shape index (κ1) is 19.0. The predicted molar refractivity (Wildman–Crippen MR) is 102 cm³/mol. The topological polar surface area (TPSA) is 53.7 Å². The van der Waals surface area contributed by atoms with Gasteiger partial charge < -0.3 is 14.6 Å². The molecule has 2 aromatic rings. The fraction of sp³-hybridized carbons (Fsp3) is 0.467. The van der Waals surface area contributed by atoms with Gasteiger partial charge in [0.15, 0.2) is 5.96 Å². The van der Waals surface area contributed by atoms with E-state index in [2.05, 4.69) is 27.1 Å². The standard InChI is InChI=1S/C15H22N4OS.HI/c1-12-11-18-14(21-12)7-9-19(3)15(16-2)17-8-6-13-5-4-10-20-13;/h4-5,10-11H,6-9H2,1-3H3,(H,16,17);1H. The molecule has 0 aliphatic carbocycles. The van der Waals surface area contributed by atoms with Crippen LogP contribution in [0, 0.1) is 6.92 Å². The van der Waals surface area contributed by atoms with E-state index >= 15 is 0 Å². The highest BCUT2D eigenvalue weighted by Crippen LogP contribution is 2.11. The predicted octanol–water partition coefficient (Wildman–Crippen LogP) is 2.95. The molecule has 2 aromatic heterocycles. The molecular formula is C15H23IN4OS. The molecule has 0 aliphatic rings. The van der Waals surface area contributed by atoms with Crippen LogP contribution in [0.15, 0.2) is 34.0 Å². The van der Waals surface area contributed by atoms with Crippen LogP contribution in [0.4, 0.5) is 0 Å². The number of likely N-dealkylation sites (N-methyl/N-ethyl adjacent to an activating group) is 1. The number of nitrogens with zero attached hydrogens (tertiary/aromatic N) is 3. The number of aliphatic imine (C=N–C) groups is 1. The van der Waals surface area contributed by atoms with E-state index in [9.17, 15) is 0 Å². The van der Waals surface area contributed by atoms with Gasteiger partial charge in [0.1, 0.15) is 5.76 Å². The Hall–Kier alpha value is -1.09. The average molecular weight is 434 g/mol. The van der Waals surface area contributed by atoms with Gasteiger partial charge in [-0.1, -0.05) is 0 Å². The normalized spacial score (nSPS) is 11.1. The fourth-order valence-electron chi connectivity index (χ4n) is 2.02. The minimum Gasteiger partial charge on any atom is -0.469 e. The highest BCUT2D eigenvalue weighted by atomic mass is 127. The highest BCUT2D eigenvalue weighted by Gasteiger charge is 2.07. The molecule has 2 rings (SSSR count). The zero-order valence-electron chi connectivity index (χ0n) is 13.2. The number of aryl methyl sites for hydroxylation is 1. The Bertz CT molecular complexity index is 568. The average Bonchev–Trinajstić information content (AvgIpc) is 3.12. The van der Waals surface area contributed by atoms with Crippen molar-refractivity contribution in [2.45, 2.75) is 19.8 Å². The maximum atomic E-state index is 5.32. The van der Waals surface area contributed by atoms with E-state index < -0.39 is 0 Å². The van der Waals surface area contributed by atoms with Crippen molar-refractivity contribution in [2.75, 3.05) is 27.2 Å². The van der Waals surface area contributed by atoms with E-state index in [0.29, 0.717) is 0 Å². The Labute approximate surface area is 152 Å². The van der Waals surface area contributed by atoms with Crippen LogP contribution >= 0.6 is 35.3 Å². The lowest BCUT2D eigenvalue weighted by molar-refractivity contribution is 0.476. The molecule has 0 aliphatic heterocycles. The van der Waals surface area contributed by atoms with Crippen molar-refractivity contribution in [1.82, 2.24) is 15.2 Å². The van der Waals surface area contributed by atoms with Crippen LogP contribution in [-0.4, -0.2) is 43.0 Å². The van der Waals surface area contributed by atoms with Gasteiger partial charge in [0.2, 0.25) is 0 Å². The second kappa shape index (κ2) is 9.83. The number of aromatic nitrogens is 1. The second-order valence-corrected chi connectivity index (χ2v) is 6.16. The molecule has 2 heterocycles. The van der Waals surface area contributed by atoms with E-state index in [4.69, 9.17) is 4.42 Å². The molecule has 1 N–H and O–H groups in total. The fourth-order valence-corrected chi connectivity index (χ4v) is 2.80. The van der Waals surface area contributed by atoms with E-state index in [-0.39, 0.29) is 24.0 Å². The van der Waals surface area contributed by atoms with Crippen LogP contribution in [0.2, 0.25) is 0 Å². The Morgan fingerprint density at radius 3 is 2.86 bits per heavy atom. The van der Waals surface area contributed by atoms with Crippen LogP contribution in [0.25, 0.3) is 0 Å². The maximum absolute atomic E-state index is 5.32. The van der Waals surface area contributed by atoms with Gasteiger partial charge in [-0.3, -0.25) is 4.99 Å². The van der Waals surface area contributed by atoms with Crippen molar-refractivity contribution in [2.24, 2.45) is 4.99 Å². The van der Waals surface area contributed by atoms with E-state index in [1.807, 2.05) is 25.4 Å². The van der Waals surface area contributed by atoms with Gasteiger partial charge in [-0.15, -0.1) is 35.3 Å². The van der Waals surface area contributed by atoms with Crippen LogP contribution in [0.5, 0.6) is 0 Å². The van der Waals surface area contributed by atoms with Gasteiger partial charge in [-0.2, -0.15) is 0 Å². The van der Waals surface area contributed by atoms with Crippen molar-refractivity contribution in [3.8, 4) is 0 Å². The maximum Gasteiger partial charge on any atom is 0.193 e.